The van der Waals surface area contributed by atoms with Crippen molar-refractivity contribution in [3.05, 3.63) is 64.7 Å². The van der Waals surface area contributed by atoms with Crippen LogP contribution in [0.2, 0.25) is 5.02 Å². The van der Waals surface area contributed by atoms with E-state index in [1.54, 1.807) is 0 Å². The van der Waals surface area contributed by atoms with Crippen LogP contribution in [-0.4, -0.2) is 43.7 Å². The number of nitrogens with zero attached hydrogens (tertiary/aromatic N) is 1. The first-order valence-electron chi connectivity index (χ1n) is 9.26. The van der Waals surface area contributed by atoms with Crippen molar-refractivity contribution in [2.24, 2.45) is 0 Å². The molecule has 0 aromatic heterocycles. The molecule has 1 fully saturated rings. The molecular weight excluding hydrogens is 362 g/mol. The lowest BCUT2D eigenvalue weighted by atomic mass is 10.0. The van der Waals surface area contributed by atoms with Gasteiger partial charge in [0.2, 0.25) is 5.91 Å². The largest absolute Gasteiger partial charge is 0.379 e. The van der Waals surface area contributed by atoms with Gasteiger partial charge in [-0.2, -0.15) is 0 Å². The number of hydrogen-bond acceptors (Lipinski definition) is 4. The number of amides is 1. The van der Waals surface area contributed by atoms with Crippen LogP contribution in [-0.2, 0) is 16.1 Å². The van der Waals surface area contributed by atoms with Gasteiger partial charge in [-0.3, -0.25) is 9.69 Å². The highest BCUT2D eigenvalue weighted by Crippen LogP contribution is 2.24. The summed E-state index contributed by atoms with van der Waals surface area (Å²) in [5.74, 6) is -0.0595. The Labute approximate surface area is 165 Å². The molecule has 0 aliphatic carbocycles. The van der Waals surface area contributed by atoms with Gasteiger partial charge in [0, 0.05) is 49.9 Å². The van der Waals surface area contributed by atoms with Crippen molar-refractivity contribution >= 4 is 23.2 Å². The van der Waals surface area contributed by atoms with Crippen molar-refractivity contribution in [2.75, 3.05) is 38.2 Å². The van der Waals surface area contributed by atoms with E-state index in [-0.39, 0.29) is 11.9 Å². The second-order valence-electron chi connectivity index (χ2n) is 6.73. The molecule has 0 bridgehead atoms. The van der Waals surface area contributed by atoms with Crippen LogP contribution in [0.4, 0.5) is 5.69 Å². The molecule has 6 heteroatoms. The first kappa shape index (κ1) is 19.8. The van der Waals surface area contributed by atoms with Crippen molar-refractivity contribution < 1.29 is 9.53 Å². The lowest BCUT2D eigenvalue weighted by Gasteiger charge is -2.35. The molecule has 5 nitrogen and oxygen atoms in total. The quantitative estimate of drug-likeness (QED) is 0.763. The second-order valence-corrected chi connectivity index (χ2v) is 7.16. The zero-order valence-corrected chi connectivity index (χ0v) is 16.3. The molecule has 0 radical (unpaired) electrons. The zero-order valence-electron chi connectivity index (χ0n) is 15.6. The Hall–Kier alpha value is -1.92. The predicted octanol–water partition coefficient (Wildman–Crippen LogP) is 3.46. The average Bonchev–Trinajstić information content (AvgIpc) is 2.67. The van der Waals surface area contributed by atoms with E-state index in [2.05, 4.69) is 21.6 Å². The van der Waals surface area contributed by atoms with Gasteiger partial charge < -0.3 is 15.4 Å². The van der Waals surface area contributed by atoms with Gasteiger partial charge in [-0.25, -0.2) is 0 Å². The van der Waals surface area contributed by atoms with Crippen LogP contribution in [0.25, 0.3) is 0 Å². The molecule has 2 aromatic rings. The summed E-state index contributed by atoms with van der Waals surface area (Å²) in [5, 5.41) is 7.11. The Morgan fingerprint density at radius 2 is 1.93 bits per heavy atom. The second kappa shape index (κ2) is 9.85. The summed E-state index contributed by atoms with van der Waals surface area (Å²) < 4.78 is 5.50. The van der Waals surface area contributed by atoms with Crippen molar-refractivity contribution in [1.82, 2.24) is 10.2 Å². The van der Waals surface area contributed by atoms with Gasteiger partial charge in [0.05, 0.1) is 13.2 Å². The number of morpholine rings is 1. The number of benzene rings is 2. The molecular formula is C21H26ClN3O2. The fourth-order valence-electron chi connectivity index (χ4n) is 3.32. The van der Waals surface area contributed by atoms with Crippen LogP contribution >= 0.6 is 11.6 Å². The molecule has 2 N–H and O–H groups in total. The van der Waals surface area contributed by atoms with Crippen LogP contribution in [0.3, 0.4) is 0 Å². The molecule has 1 heterocycles. The van der Waals surface area contributed by atoms with E-state index in [4.69, 9.17) is 16.3 Å². The number of ether oxygens (including phenoxy) is 1. The van der Waals surface area contributed by atoms with Gasteiger partial charge in [0.15, 0.2) is 0 Å². The van der Waals surface area contributed by atoms with Gasteiger partial charge in [0.1, 0.15) is 0 Å². The van der Waals surface area contributed by atoms with E-state index < -0.39 is 0 Å². The highest BCUT2D eigenvalue weighted by molar-refractivity contribution is 6.30. The molecule has 0 spiro atoms. The Bertz CT molecular complexity index is 745. The fraction of sp³-hybridized carbons (Fsp3) is 0.381. The van der Waals surface area contributed by atoms with Crippen molar-refractivity contribution in [2.45, 2.75) is 19.5 Å². The average molecular weight is 388 g/mol. The molecule has 27 heavy (non-hydrogen) atoms. The van der Waals surface area contributed by atoms with E-state index >= 15 is 0 Å². The van der Waals surface area contributed by atoms with E-state index in [9.17, 15) is 4.79 Å². The number of nitrogens with one attached hydrogen (secondary N) is 2. The molecule has 1 unspecified atom stereocenters. The van der Waals surface area contributed by atoms with Crippen molar-refractivity contribution in [3.63, 3.8) is 0 Å². The third-order valence-corrected chi connectivity index (χ3v) is 4.90. The number of anilines is 1. The minimum absolute atomic E-state index is 0.0595. The summed E-state index contributed by atoms with van der Waals surface area (Å²) in [4.78, 5) is 13.6. The maximum Gasteiger partial charge on any atom is 0.221 e. The predicted molar refractivity (Wildman–Crippen MR) is 109 cm³/mol. The third kappa shape index (κ3) is 6.04. The van der Waals surface area contributed by atoms with Gasteiger partial charge in [0.25, 0.3) is 0 Å². The lowest BCUT2D eigenvalue weighted by Crippen LogP contribution is -2.42. The van der Waals surface area contributed by atoms with Gasteiger partial charge >= 0.3 is 0 Å². The summed E-state index contributed by atoms with van der Waals surface area (Å²) in [6, 6.07) is 16.3. The molecule has 1 amide bonds. The maximum absolute atomic E-state index is 11.1. The Kier molecular flexibility index (Phi) is 7.24. The first-order valence-corrected chi connectivity index (χ1v) is 9.64. The molecule has 1 aliphatic rings. The smallest absolute Gasteiger partial charge is 0.221 e. The van der Waals surface area contributed by atoms with Gasteiger partial charge in [-0.15, -0.1) is 0 Å². The molecule has 144 valence electrons. The van der Waals surface area contributed by atoms with E-state index in [0.29, 0.717) is 0 Å². The Morgan fingerprint density at radius 3 is 2.59 bits per heavy atom. The molecule has 1 aliphatic heterocycles. The number of rotatable bonds is 7. The zero-order chi connectivity index (χ0) is 19.1. The topological polar surface area (TPSA) is 53.6 Å². The number of carbonyl (C=O) groups excluding carboxylic acids is 1. The number of halogens is 1. The SMILES string of the molecule is CC(=O)Nc1ccc(CNCC(c2cccc(Cl)c2)N2CCOCC2)cc1. The molecule has 3 rings (SSSR count). The molecule has 2 aromatic carbocycles. The summed E-state index contributed by atoms with van der Waals surface area (Å²) in [6.45, 7) is 6.48. The van der Waals surface area contributed by atoms with Crippen molar-refractivity contribution in [3.8, 4) is 0 Å². The minimum Gasteiger partial charge on any atom is -0.379 e. The summed E-state index contributed by atoms with van der Waals surface area (Å²) >= 11 is 6.22. The van der Waals surface area contributed by atoms with Crippen molar-refractivity contribution in [1.29, 1.82) is 0 Å². The first-order chi connectivity index (χ1) is 13.1. The van der Waals surface area contributed by atoms with E-state index in [0.717, 1.165) is 50.1 Å². The van der Waals surface area contributed by atoms with Crippen LogP contribution in [0.5, 0.6) is 0 Å². The van der Waals surface area contributed by atoms with Gasteiger partial charge in [-0.05, 0) is 35.4 Å². The van der Waals surface area contributed by atoms with Crippen LogP contribution in [0.15, 0.2) is 48.5 Å². The lowest BCUT2D eigenvalue weighted by molar-refractivity contribution is -0.114. The Balaban J connectivity index is 1.61. The normalized spacial score (nSPS) is 16.1. The highest BCUT2D eigenvalue weighted by atomic mass is 35.5. The standard InChI is InChI=1S/C21H26ClN3O2/c1-16(26)24-20-7-5-17(6-8-20)14-23-15-21(25-9-11-27-12-10-25)18-3-2-4-19(22)13-18/h2-8,13,21,23H,9-12,14-15H2,1H3,(H,24,26). The fourth-order valence-corrected chi connectivity index (χ4v) is 3.52. The van der Waals surface area contributed by atoms with E-state index in [1.807, 2.05) is 42.5 Å². The highest BCUT2D eigenvalue weighted by Gasteiger charge is 2.22. The molecule has 1 saturated heterocycles. The number of carbonyl (C=O) groups is 1. The van der Waals surface area contributed by atoms with Crippen LogP contribution in [0.1, 0.15) is 24.1 Å². The monoisotopic (exact) mass is 387 g/mol. The molecule has 1 atom stereocenters. The maximum atomic E-state index is 11.1. The summed E-state index contributed by atoms with van der Waals surface area (Å²) in [7, 11) is 0. The number of hydrogen-bond donors (Lipinski definition) is 2. The Morgan fingerprint density at radius 1 is 1.19 bits per heavy atom. The molecule has 0 saturated carbocycles. The minimum atomic E-state index is -0.0595. The summed E-state index contributed by atoms with van der Waals surface area (Å²) in [5.41, 5.74) is 3.21. The van der Waals surface area contributed by atoms with E-state index in [1.165, 1.54) is 18.1 Å². The van der Waals surface area contributed by atoms with Crippen LogP contribution < -0.4 is 10.6 Å². The summed E-state index contributed by atoms with van der Waals surface area (Å²) in [6.07, 6.45) is 0. The van der Waals surface area contributed by atoms with Gasteiger partial charge in [-0.1, -0.05) is 35.9 Å². The third-order valence-electron chi connectivity index (χ3n) is 4.66. The van der Waals surface area contributed by atoms with Crippen LogP contribution in [0, 0.1) is 0 Å².